The summed E-state index contributed by atoms with van der Waals surface area (Å²) in [6.45, 7) is 0.982. The van der Waals surface area contributed by atoms with E-state index >= 15 is 0 Å². The van der Waals surface area contributed by atoms with E-state index in [0.29, 0.717) is 18.8 Å². The summed E-state index contributed by atoms with van der Waals surface area (Å²) in [4.78, 5) is 23.5. The Morgan fingerprint density at radius 1 is 1.08 bits per heavy atom. The lowest BCUT2D eigenvalue weighted by molar-refractivity contribution is -0.384. The first-order valence-corrected chi connectivity index (χ1v) is 9.31. The lowest BCUT2D eigenvalue weighted by Crippen LogP contribution is -2.54. The molecule has 4 saturated carbocycles. The van der Waals surface area contributed by atoms with Gasteiger partial charge in [0.15, 0.2) is 0 Å². The van der Waals surface area contributed by atoms with Gasteiger partial charge >= 0.3 is 0 Å². The smallest absolute Gasteiger partial charge is 0.292 e. The van der Waals surface area contributed by atoms with Crippen molar-refractivity contribution in [3.63, 3.8) is 0 Å². The maximum absolute atomic E-state index is 12.8. The molecule has 4 aliphatic carbocycles. The van der Waals surface area contributed by atoms with Crippen LogP contribution in [0.25, 0.3) is 0 Å². The molecule has 134 valence electrons. The lowest BCUT2D eigenvalue weighted by Gasteiger charge is -2.55. The molecule has 0 aliphatic heterocycles. The predicted molar refractivity (Wildman–Crippen MR) is 95.2 cm³/mol. The normalized spacial score (nSPS) is 32.4. The number of hydrogen-bond donors (Lipinski definition) is 2. The second-order valence-corrected chi connectivity index (χ2v) is 8.15. The van der Waals surface area contributed by atoms with E-state index in [1.807, 2.05) is 0 Å². The van der Waals surface area contributed by atoms with Crippen LogP contribution in [0, 0.1) is 33.3 Å². The van der Waals surface area contributed by atoms with Crippen LogP contribution in [0.1, 0.15) is 38.5 Å². The topological polar surface area (TPSA) is 84.3 Å². The van der Waals surface area contributed by atoms with Crippen LogP contribution in [0.5, 0.6) is 0 Å². The number of nitrogens with one attached hydrogen (secondary N) is 2. The zero-order valence-corrected chi connectivity index (χ0v) is 14.4. The van der Waals surface area contributed by atoms with E-state index in [1.165, 1.54) is 25.3 Å². The van der Waals surface area contributed by atoms with Crippen molar-refractivity contribution in [3.05, 3.63) is 34.4 Å². The average molecular weight is 343 g/mol. The summed E-state index contributed by atoms with van der Waals surface area (Å²) in [6.07, 6.45) is 7.15. The third-order valence-corrected chi connectivity index (χ3v) is 6.35. The Morgan fingerprint density at radius 3 is 2.28 bits per heavy atom. The lowest BCUT2D eigenvalue weighted by atomic mass is 9.49. The van der Waals surface area contributed by atoms with Gasteiger partial charge in [-0.1, -0.05) is 12.1 Å². The number of carbonyl (C=O) groups is 1. The predicted octanol–water partition coefficient (Wildman–Crippen LogP) is 3.34. The standard InChI is InChI=1S/C19H25N3O3/c23-18(19-10-13-7-14(11-19)9-15(8-13)12-19)21-6-5-20-16-3-1-2-4-17(16)22(24)25/h1-4,13-15,20H,5-12H2,(H,21,23). The van der Waals surface area contributed by atoms with Gasteiger partial charge in [0.1, 0.15) is 5.69 Å². The molecule has 0 saturated heterocycles. The molecule has 4 bridgehead atoms. The molecule has 1 aromatic carbocycles. The Bertz CT molecular complexity index is 653. The highest BCUT2D eigenvalue weighted by Gasteiger charge is 2.54. The van der Waals surface area contributed by atoms with Crippen LogP contribution in [0.3, 0.4) is 0 Å². The van der Waals surface area contributed by atoms with E-state index in [-0.39, 0.29) is 17.0 Å². The van der Waals surface area contributed by atoms with Gasteiger partial charge in [-0.3, -0.25) is 14.9 Å². The minimum Gasteiger partial charge on any atom is -0.378 e. The summed E-state index contributed by atoms with van der Waals surface area (Å²) in [6, 6.07) is 6.59. The summed E-state index contributed by atoms with van der Waals surface area (Å²) >= 11 is 0. The number of nitro groups is 1. The van der Waals surface area contributed by atoms with E-state index < -0.39 is 4.92 Å². The Hall–Kier alpha value is -2.11. The third kappa shape index (κ3) is 3.10. The van der Waals surface area contributed by atoms with Crippen LogP contribution in [0.4, 0.5) is 11.4 Å². The fourth-order valence-electron chi connectivity index (χ4n) is 5.73. The van der Waals surface area contributed by atoms with Gasteiger partial charge in [0, 0.05) is 24.6 Å². The summed E-state index contributed by atoms with van der Waals surface area (Å²) < 4.78 is 0. The molecule has 25 heavy (non-hydrogen) atoms. The van der Waals surface area contributed by atoms with Gasteiger partial charge in [0.05, 0.1) is 4.92 Å². The highest BCUT2D eigenvalue weighted by atomic mass is 16.6. The summed E-state index contributed by atoms with van der Waals surface area (Å²) in [5.41, 5.74) is 0.430. The maximum atomic E-state index is 12.8. The Kier molecular flexibility index (Phi) is 4.13. The molecule has 1 amide bonds. The van der Waals surface area contributed by atoms with Crippen molar-refractivity contribution >= 4 is 17.3 Å². The van der Waals surface area contributed by atoms with Crippen molar-refractivity contribution in [1.29, 1.82) is 0 Å². The molecule has 4 aliphatic rings. The van der Waals surface area contributed by atoms with Crippen LogP contribution in [0.2, 0.25) is 0 Å². The van der Waals surface area contributed by atoms with E-state index in [9.17, 15) is 14.9 Å². The fourth-order valence-corrected chi connectivity index (χ4v) is 5.73. The highest BCUT2D eigenvalue weighted by Crippen LogP contribution is 2.60. The molecule has 6 nitrogen and oxygen atoms in total. The average Bonchev–Trinajstić information content (AvgIpc) is 2.57. The zero-order chi connectivity index (χ0) is 17.4. The minimum absolute atomic E-state index is 0.0647. The van der Waals surface area contributed by atoms with Crippen molar-refractivity contribution in [1.82, 2.24) is 5.32 Å². The monoisotopic (exact) mass is 343 g/mol. The van der Waals surface area contributed by atoms with Crippen molar-refractivity contribution in [2.75, 3.05) is 18.4 Å². The highest BCUT2D eigenvalue weighted by molar-refractivity contribution is 5.83. The van der Waals surface area contributed by atoms with Gasteiger partial charge in [-0.15, -0.1) is 0 Å². The SMILES string of the molecule is O=C(NCCNc1ccccc1[N+](=O)[O-])C12CC3CC(CC(C3)C1)C2. The number of rotatable bonds is 6. The molecule has 0 atom stereocenters. The molecule has 0 radical (unpaired) electrons. The number of carbonyl (C=O) groups excluding carboxylic acids is 1. The fraction of sp³-hybridized carbons (Fsp3) is 0.632. The van der Waals surface area contributed by atoms with Gasteiger partial charge in [-0.2, -0.15) is 0 Å². The third-order valence-electron chi connectivity index (χ3n) is 6.35. The molecule has 0 heterocycles. The molecule has 4 fully saturated rings. The molecule has 0 unspecified atom stereocenters. The number of benzene rings is 1. The van der Waals surface area contributed by atoms with Gasteiger partial charge in [-0.25, -0.2) is 0 Å². The van der Waals surface area contributed by atoms with Gasteiger partial charge in [-0.05, 0) is 62.3 Å². The van der Waals surface area contributed by atoms with Crippen molar-refractivity contribution < 1.29 is 9.72 Å². The Labute approximate surface area is 147 Å². The van der Waals surface area contributed by atoms with Gasteiger partial charge in [0.25, 0.3) is 5.69 Å². The van der Waals surface area contributed by atoms with Crippen LogP contribution in [-0.2, 0) is 4.79 Å². The number of nitrogens with zero attached hydrogens (tertiary/aromatic N) is 1. The van der Waals surface area contributed by atoms with Crippen LogP contribution in [0.15, 0.2) is 24.3 Å². The Morgan fingerprint density at radius 2 is 1.68 bits per heavy atom. The van der Waals surface area contributed by atoms with Gasteiger partial charge < -0.3 is 10.6 Å². The number of nitro benzene ring substituents is 1. The van der Waals surface area contributed by atoms with Crippen molar-refractivity contribution in [2.24, 2.45) is 23.2 Å². The maximum Gasteiger partial charge on any atom is 0.292 e. The molecular formula is C19H25N3O3. The van der Waals surface area contributed by atoms with Crippen LogP contribution < -0.4 is 10.6 Å². The van der Waals surface area contributed by atoms with E-state index in [2.05, 4.69) is 10.6 Å². The van der Waals surface area contributed by atoms with E-state index in [1.54, 1.807) is 18.2 Å². The largest absolute Gasteiger partial charge is 0.378 e. The first-order valence-electron chi connectivity index (χ1n) is 9.31. The van der Waals surface area contributed by atoms with Crippen LogP contribution >= 0.6 is 0 Å². The molecule has 2 N–H and O–H groups in total. The summed E-state index contributed by atoms with van der Waals surface area (Å²) in [5, 5.41) is 17.2. The van der Waals surface area contributed by atoms with Crippen molar-refractivity contribution in [3.8, 4) is 0 Å². The molecule has 0 aromatic heterocycles. The number of anilines is 1. The number of amides is 1. The molecule has 6 heteroatoms. The van der Waals surface area contributed by atoms with E-state index in [4.69, 9.17) is 0 Å². The molecule has 0 spiro atoms. The first kappa shape index (κ1) is 16.4. The summed E-state index contributed by atoms with van der Waals surface area (Å²) in [5.74, 6) is 2.46. The van der Waals surface area contributed by atoms with Gasteiger partial charge in [0.2, 0.25) is 5.91 Å². The van der Waals surface area contributed by atoms with Crippen molar-refractivity contribution in [2.45, 2.75) is 38.5 Å². The van der Waals surface area contributed by atoms with E-state index in [0.717, 1.165) is 37.0 Å². The quantitative estimate of drug-likeness (QED) is 0.471. The number of hydrogen-bond acceptors (Lipinski definition) is 4. The Balaban J connectivity index is 1.31. The summed E-state index contributed by atoms with van der Waals surface area (Å²) in [7, 11) is 0. The molecule has 5 rings (SSSR count). The first-order chi connectivity index (χ1) is 12.1. The second kappa shape index (κ2) is 6.32. The zero-order valence-electron chi connectivity index (χ0n) is 14.4. The molecular weight excluding hydrogens is 318 g/mol. The molecule has 1 aromatic rings. The minimum atomic E-state index is -0.393. The number of para-hydroxylation sites is 2. The van der Waals surface area contributed by atoms with Crippen LogP contribution in [-0.4, -0.2) is 23.9 Å². The second-order valence-electron chi connectivity index (χ2n) is 8.15.